The van der Waals surface area contributed by atoms with Crippen molar-refractivity contribution in [1.29, 1.82) is 0 Å². The SMILES string of the molecule is Cc1ccc2c(c1)C(N(CCCC(=O)O)C(C)C)CC2. The maximum atomic E-state index is 10.7. The Kier molecular flexibility index (Phi) is 4.81. The molecule has 3 heteroatoms. The van der Waals surface area contributed by atoms with Crippen molar-refractivity contribution in [2.24, 2.45) is 0 Å². The first-order valence-electron chi connectivity index (χ1n) is 7.56. The van der Waals surface area contributed by atoms with Gasteiger partial charge in [0.1, 0.15) is 0 Å². The van der Waals surface area contributed by atoms with Crippen molar-refractivity contribution in [1.82, 2.24) is 4.90 Å². The molecule has 0 radical (unpaired) electrons. The van der Waals surface area contributed by atoms with Crippen LogP contribution in [0.4, 0.5) is 0 Å². The van der Waals surface area contributed by atoms with Crippen LogP contribution in [0.3, 0.4) is 0 Å². The second kappa shape index (κ2) is 6.40. The standard InChI is InChI=1S/C17H25NO2/c1-12(2)18(10-4-5-17(19)20)16-9-8-14-7-6-13(3)11-15(14)16/h6-7,11-12,16H,4-5,8-10H2,1-3H3,(H,19,20). The topological polar surface area (TPSA) is 40.5 Å². The maximum absolute atomic E-state index is 10.7. The van der Waals surface area contributed by atoms with Crippen molar-refractivity contribution in [3.63, 3.8) is 0 Å². The summed E-state index contributed by atoms with van der Waals surface area (Å²) < 4.78 is 0. The molecule has 0 saturated heterocycles. The molecule has 0 heterocycles. The Bertz CT molecular complexity index is 482. The van der Waals surface area contributed by atoms with E-state index in [1.54, 1.807) is 0 Å². The summed E-state index contributed by atoms with van der Waals surface area (Å²) in [5, 5.41) is 8.81. The van der Waals surface area contributed by atoms with Crippen molar-refractivity contribution in [3.05, 3.63) is 34.9 Å². The zero-order valence-corrected chi connectivity index (χ0v) is 12.7. The highest BCUT2D eigenvalue weighted by Crippen LogP contribution is 2.37. The Hall–Kier alpha value is -1.35. The number of aliphatic carboxylic acids is 1. The van der Waals surface area contributed by atoms with E-state index in [0.717, 1.165) is 25.8 Å². The molecule has 0 aromatic heterocycles. The normalized spacial score (nSPS) is 17.8. The Morgan fingerprint density at radius 3 is 2.85 bits per heavy atom. The Morgan fingerprint density at radius 2 is 2.20 bits per heavy atom. The lowest BCUT2D eigenvalue weighted by molar-refractivity contribution is -0.137. The first-order chi connectivity index (χ1) is 9.49. The lowest BCUT2D eigenvalue weighted by Gasteiger charge is -2.33. The molecule has 0 spiro atoms. The molecule has 0 bridgehead atoms. The first-order valence-corrected chi connectivity index (χ1v) is 7.56. The van der Waals surface area contributed by atoms with Crippen LogP contribution in [0.15, 0.2) is 18.2 Å². The van der Waals surface area contributed by atoms with Crippen molar-refractivity contribution in [2.75, 3.05) is 6.54 Å². The molecule has 0 aliphatic heterocycles. The van der Waals surface area contributed by atoms with Gasteiger partial charge in [-0.05, 0) is 57.7 Å². The van der Waals surface area contributed by atoms with Gasteiger partial charge in [0.25, 0.3) is 0 Å². The third-order valence-corrected chi connectivity index (χ3v) is 4.22. The zero-order valence-electron chi connectivity index (χ0n) is 12.7. The predicted molar refractivity (Wildman–Crippen MR) is 81.0 cm³/mol. The number of hydrogen-bond acceptors (Lipinski definition) is 2. The van der Waals surface area contributed by atoms with E-state index in [1.165, 1.54) is 16.7 Å². The Labute approximate surface area is 121 Å². The molecule has 2 rings (SSSR count). The van der Waals surface area contributed by atoms with E-state index in [2.05, 4.69) is 43.9 Å². The van der Waals surface area contributed by atoms with Gasteiger partial charge in [-0.1, -0.05) is 23.8 Å². The fourth-order valence-corrected chi connectivity index (χ4v) is 3.23. The van der Waals surface area contributed by atoms with E-state index in [4.69, 9.17) is 5.11 Å². The number of hydrogen-bond donors (Lipinski definition) is 1. The van der Waals surface area contributed by atoms with Crippen LogP contribution in [-0.2, 0) is 11.2 Å². The van der Waals surface area contributed by atoms with Crippen LogP contribution < -0.4 is 0 Å². The van der Waals surface area contributed by atoms with Gasteiger partial charge in [0, 0.05) is 18.5 Å². The maximum Gasteiger partial charge on any atom is 0.303 e. The summed E-state index contributed by atoms with van der Waals surface area (Å²) >= 11 is 0. The van der Waals surface area contributed by atoms with Gasteiger partial charge in [0.05, 0.1) is 0 Å². The molecule has 3 nitrogen and oxygen atoms in total. The summed E-state index contributed by atoms with van der Waals surface area (Å²) in [4.78, 5) is 13.2. The summed E-state index contributed by atoms with van der Waals surface area (Å²) in [6, 6.07) is 7.64. The highest BCUT2D eigenvalue weighted by Gasteiger charge is 2.29. The molecule has 20 heavy (non-hydrogen) atoms. The number of carboxylic acids is 1. The number of benzene rings is 1. The average Bonchev–Trinajstić information content (AvgIpc) is 2.76. The fraction of sp³-hybridized carbons (Fsp3) is 0.588. The molecular weight excluding hydrogens is 250 g/mol. The molecule has 0 fully saturated rings. The van der Waals surface area contributed by atoms with Gasteiger partial charge in [-0.3, -0.25) is 9.69 Å². The van der Waals surface area contributed by atoms with Crippen molar-refractivity contribution < 1.29 is 9.90 Å². The molecule has 1 N–H and O–H groups in total. The number of nitrogens with zero attached hydrogens (tertiary/aromatic N) is 1. The van der Waals surface area contributed by atoms with Crippen LogP contribution in [0.2, 0.25) is 0 Å². The minimum Gasteiger partial charge on any atom is -0.481 e. The van der Waals surface area contributed by atoms with Crippen LogP contribution in [0.25, 0.3) is 0 Å². The molecule has 1 aromatic rings. The number of fused-ring (bicyclic) bond motifs is 1. The number of carboxylic acid groups (broad SMARTS) is 1. The minimum absolute atomic E-state index is 0.261. The molecule has 1 atom stereocenters. The molecule has 1 aromatic carbocycles. The van der Waals surface area contributed by atoms with E-state index < -0.39 is 5.97 Å². The highest BCUT2D eigenvalue weighted by atomic mass is 16.4. The van der Waals surface area contributed by atoms with Gasteiger partial charge in [-0.15, -0.1) is 0 Å². The summed E-state index contributed by atoms with van der Waals surface area (Å²) in [7, 11) is 0. The second-order valence-corrected chi connectivity index (χ2v) is 6.09. The van der Waals surface area contributed by atoms with Crippen LogP contribution in [-0.4, -0.2) is 28.6 Å². The van der Waals surface area contributed by atoms with Gasteiger partial charge in [-0.25, -0.2) is 0 Å². The summed E-state index contributed by atoms with van der Waals surface area (Å²) in [5.41, 5.74) is 4.23. The summed E-state index contributed by atoms with van der Waals surface area (Å²) in [6.45, 7) is 7.41. The first kappa shape index (κ1) is 15.0. The molecule has 0 saturated carbocycles. The smallest absolute Gasteiger partial charge is 0.303 e. The van der Waals surface area contributed by atoms with Crippen LogP contribution in [0, 0.1) is 6.92 Å². The lowest BCUT2D eigenvalue weighted by Crippen LogP contribution is -2.35. The molecule has 0 amide bonds. The van der Waals surface area contributed by atoms with Gasteiger partial charge in [-0.2, -0.15) is 0 Å². The monoisotopic (exact) mass is 275 g/mol. The molecular formula is C17H25NO2. The lowest BCUT2D eigenvalue weighted by atomic mass is 10.0. The van der Waals surface area contributed by atoms with E-state index >= 15 is 0 Å². The van der Waals surface area contributed by atoms with Crippen molar-refractivity contribution >= 4 is 5.97 Å². The molecule has 1 unspecified atom stereocenters. The van der Waals surface area contributed by atoms with E-state index in [1.807, 2.05) is 0 Å². The molecule has 110 valence electrons. The van der Waals surface area contributed by atoms with Crippen LogP contribution in [0.1, 0.15) is 55.8 Å². The number of rotatable bonds is 6. The van der Waals surface area contributed by atoms with Gasteiger partial charge >= 0.3 is 5.97 Å². The van der Waals surface area contributed by atoms with Gasteiger partial charge in [0.2, 0.25) is 0 Å². The Morgan fingerprint density at radius 1 is 1.45 bits per heavy atom. The third-order valence-electron chi connectivity index (χ3n) is 4.22. The van der Waals surface area contributed by atoms with E-state index in [-0.39, 0.29) is 6.42 Å². The van der Waals surface area contributed by atoms with Crippen molar-refractivity contribution in [2.45, 2.75) is 58.5 Å². The van der Waals surface area contributed by atoms with E-state index in [9.17, 15) is 4.79 Å². The number of carbonyl (C=O) groups is 1. The fourth-order valence-electron chi connectivity index (χ4n) is 3.23. The van der Waals surface area contributed by atoms with Gasteiger partial charge < -0.3 is 5.11 Å². The van der Waals surface area contributed by atoms with Crippen LogP contribution >= 0.6 is 0 Å². The number of aryl methyl sites for hydroxylation is 2. The predicted octanol–water partition coefficient (Wildman–Crippen LogP) is 3.56. The highest BCUT2D eigenvalue weighted by molar-refractivity contribution is 5.66. The average molecular weight is 275 g/mol. The third kappa shape index (κ3) is 3.40. The van der Waals surface area contributed by atoms with E-state index in [0.29, 0.717) is 12.1 Å². The largest absolute Gasteiger partial charge is 0.481 e. The zero-order chi connectivity index (χ0) is 14.7. The van der Waals surface area contributed by atoms with Gasteiger partial charge in [0.15, 0.2) is 0 Å². The molecule has 1 aliphatic carbocycles. The minimum atomic E-state index is -0.698. The van der Waals surface area contributed by atoms with Crippen molar-refractivity contribution in [3.8, 4) is 0 Å². The summed E-state index contributed by atoms with van der Waals surface area (Å²) in [6.07, 6.45) is 3.29. The second-order valence-electron chi connectivity index (χ2n) is 6.09. The summed E-state index contributed by atoms with van der Waals surface area (Å²) in [5.74, 6) is -0.698. The van der Waals surface area contributed by atoms with Crippen LogP contribution in [0.5, 0.6) is 0 Å². The molecule has 1 aliphatic rings. The Balaban J connectivity index is 2.12. The quantitative estimate of drug-likeness (QED) is 0.863.